The Balaban J connectivity index is 3.82. The van der Waals surface area contributed by atoms with Gasteiger partial charge in [-0.25, -0.2) is 0 Å². The third kappa shape index (κ3) is 18.2. The number of ether oxygens (including phenoxy) is 1. The van der Waals surface area contributed by atoms with Gasteiger partial charge < -0.3 is 14.9 Å². The molecule has 0 aliphatic heterocycles. The van der Waals surface area contributed by atoms with E-state index in [2.05, 4.69) is 11.7 Å². The fourth-order valence-corrected chi connectivity index (χ4v) is 1.87. The van der Waals surface area contributed by atoms with Crippen LogP contribution in [0.5, 0.6) is 0 Å². The molecule has 4 nitrogen and oxygen atoms in total. The van der Waals surface area contributed by atoms with Crippen LogP contribution in [-0.4, -0.2) is 35.5 Å². The minimum Gasteiger partial charge on any atom is -0.468 e. The predicted octanol–water partition coefficient (Wildman–Crippen LogP) is 4.19. The van der Waals surface area contributed by atoms with Crippen molar-refractivity contribution in [3.8, 4) is 0 Å². The molecule has 0 bridgehead atoms. The molecule has 26 heavy (non-hydrogen) atoms. The summed E-state index contributed by atoms with van der Waals surface area (Å²) in [5, 5.41) is 19.4. The monoisotopic (exact) mass is 360 g/mol. The highest BCUT2D eigenvalue weighted by Gasteiger charge is 1.93. The molecule has 2 N–H and O–H groups in total. The Morgan fingerprint density at radius 1 is 0.808 bits per heavy atom. The Morgan fingerprint density at radius 3 is 1.92 bits per heavy atom. The molecule has 0 aromatic carbocycles. The zero-order chi connectivity index (χ0) is 19.3. The lowest BCUT2D eigenvalue weighted by Crippen LogP contribution is -1.99. The van der Waals surface area contributed by atoms with Crippen LogP contribution in [0.4, 0.5) is 0 Å². The standard InChI is InChI=1S/C22H32O4/c1-2-3-10-15-21(24)16-11-7-5-4-6-8-12-17-22(25)18-13-9-14-19-26-20-23/h3,5-13,16-17,20-22,24-25H,2,4,14-15,18-19H2,1H3/b7-5-,8-6-,10-3-,13-9-,16-11+,17-12+/t21-,22+/m1/s1. The van der Waals surface area contributed by atoms with Crippen molar-refractivity contribution in [3.05, 3.63) is 72.9 Å². The van der Waals surface area contributed by atoms with E-state index in [-0.39, 0.29) is 0 Å². The average molecular weight is 360 g/mol. The summed E-state index contributed by atoms with van der Waals surface area (Å²) in [5.41, 5.74) is 0. The zero-order valence-electron chi connectivity index (χ0n) is 15.6. The van der Waals surface area contributed by atoms with Gasteiger partial charge in [-0.3, -0.25) is 4.79 Å². The highest BCUT2D eigenvalue weighted by Crippen LogP contribution is 1.99. The minimum absolute atomic E-state index is 0.367. The van der Waals surface area contributed by atoms with Gasteiger partial charge in [-0.2, -0.15) is 0 Å². The maximum atomic E-state index is 9.94. The molecule has 0 aliphatic carbocycles. The first kappa shape index (κ1) is 23.8. The van der Waals surface area contributed by atoms with Gasteiger partial charge in [-0.15, -0.1) is 0 Å². The van der Waals surface area contributed by atoms with Crippen LogP contribution in [0.25, 0.3) is 0 Å². The molecule has 2 atom stereocenters. The summed E-state index contributed by atoms with van der Waals surface area (Å²) < 4.78 is 4.56. The topological polar surface area (TPSA) is 66.8 Å². The molecule has 0 aliphatic rings. The zero-order valence-corrected chi connectivity index (χ0v) is 15.6. The fourth-order valence-electron chi connectivity index (χ4n) is 1.87. The van der Waals surface area contributed by atoms with Crippen LogP contribution in [0.15, 0.2) is 72.9 Å². The molecule has 0 radical (unpaired) electrons. The van der Waals surface area contributed by atoms with Gasteiger partial charge in [-0.1, -0.05) is 79.8 Å². The second kappa shape index (κ2) is 19.2. The molecule has 4 heteroatoms. The van der Waals surface area contributed by atoms with Crippen molar-refractivity contribution in [2.24, 2.45) is 0 Å². The summed E-state index contributed by atoms with van der Waals surface area (Å²) in [5.74, 6) is 0. The van der Waals surface area contributed by atoms with E-state index >= 15 is 0 Å². The van der Waals surface area contributed by atoms with Gasteiger partial charge in [0.1, 0.15) is 0 Å². The first-order valence-electron chi connectivity index (χ1n) is 9.08. The van der Waals surface area contributed by atoms with Gasteiger partial charge in [0.2, 0.25) is 0 Å². The minimum atomic E-state index is -0.524. The van der Waals surface area contributed by atoms with E-state index in [1.54, 1.807) is 12.2 Å². The third-order valence-corrected chi connectivity index (χ3v) is 3.23. The number of aliphatic hydroxyl groups excluding tert-OH is 2. The van der Waals surface area contributed by atoms with Crippen LogP contribution < -0.4 is 0 Å². The van der Waals surface area contributed by atoms with Crippen molar-refractivity contribution >= 4 is 6.47 Å². The molecule has 0 saturated carbocycles. The van der Waals surface area contributed by atoms with Gasteiger partial charge in [0, 0.05) is 0 Å². The SMILES string of the molecule is CC/C=C\C[C@@H](O)/C=C/C=C\C/C=C\C=C\[C@H](O)C/C=C\CCOC=O. The van der Waals surface area contributed by atoms with Gasteiger partial charge >= 0.3 is 0 Å². The van der Waals surface area contributed by atoms with Crippen molar-refractivity contribution < 1.29 is 19.7 Å². The summed E-state index contributed by atoms with van der Waals surface area (Å²) in [4.78, 5) is 9.94. The van der Waals surface area contributed by atoms with E-state index in [1.165, 1.54) is 0 Å². The lowest BCUT2D eigenvalue weighted by atomic mass is 10.2. The van der Waals surface area contributed by atoms with Gasteiger partial charge in [0.25, 0.3) is 6.47 Å². The Kier molecular flexibility index (Phi) is 17.6. The summed E-state index contributed by atoms with van der Waals surface area (Å²) in [7, 11) is 0. The van der Waals surface area contributed by atoms with E-state index in [0.29, 0.717) is 32.3 Å². The van der Waals surface area contributed by atoms with Crippen LogP contribution in [0.2, 0.25) is 0 Å². The maximum Gasteiger partial charge on any atom is 0.293 e. The van der Waals surface area contributed by atoms with Crippen molar-refractivity contribution in [2.45, 2.75) is 51.2 Å². The number of carbonyl (C=O) groups excluding carboxylic acids is 1. The molecule has 0 spiro atoms. The lowest BCUT2D eigenvalue weighted by molar-refractivity contribution is -0.128. The number of hydrogen-bond acceptors (Lipinski definition) is 4. The molecule has 0 aromatic rings. The molecule has 0 amide bonds. The molecule has 0 rings (SSSR count). The molecule has 144 valence electrons. The van der Waals surface area contributed by atoms with Crippen molar-refractivity contribution in [2.75, 3.05) is 6.61 Å². The van der Waals surface area contributed by atoms with E-state index in [9.17, 15) is 15.0 Å². The molecular weight excluding hydrogens is 328 g/mol. The normalized spacial score (nSPS) is 15.3. The van der Waals surface area contributed by atoms with Gasteiger partial charge in [-0.05, 0) is 32.1 Å². The number of rotatable bonds is 15. The van der Waals surface area contributed by atoms with Crippen molar-refractivity contribution in [1.29, 1.82) is 0 Å². The Bertz CT molecular complexity index is 498. The Hall–Kier alpha value is -2.17. The number of aliphatic hydroxyl groups is 2. The maximum absolute atomic E-state index is 9.94. The van der Waals surface area contributed by atoms with Gasteiger partial charge in [0.05, 0.1) is 18.8 Å². The Labute approximate surface area is 157 Å². The molecule has 0 saturated heterocycles. The highest BCUT2D eigenvalue weighted by molar-refractivity contribution is 5.36. The summed E-state index contributed by atoms with van der Waals surface area (Å²) in [6, 6.07) is 0. The number of carbonyl (C=O) groups is 1. The smallest absolute Gasteiger partial charge is 0.293 e. The van der Waals surface area contributed by atoms with Crippen LogP contribution >= 0.6 is 0 Å². The second-order valence-electron chi connectivity index (χ2n) is 5.57. The first-order chi connectivity index (χ1) is 12.7. The highest BCUT2D eigenvalue weighted by atomic mass is 16.5. The Morgan fingerprint density at radius 2 is 1.38 bits per heavy atom. The van der Waals surface area contributed by atoms with E-state index in [1.807, 2.05) is 60.8 Å². The third-order valence-electron chi connectivity index (χ3n) is 3.23. The largest absolute Gasteiger partial charge is 0.468 e. The molecular formula is C22H32O4. The second-order valence-corrected chi connectivity index (χ2v) is 5.57. The van der Waals surface area contributed by atoms with E-state index in [4.69, 9.17) is 0 Å². The molecule has 0 fully saturated rings. The van der Waals surface area contributed by atoms with E-state index < -0.39 is 12.2 Å². The number of hydrogen-bond donors (Lipinski definition) is 2. The average Bonchev–Trinajstić information content (AvgIpc) is 2.63. The molecule has 0 aromatic heterocycles. The predicted molar refractivity (Wildman–Crippen MR) is 108 cm³/mol. The summed E-state index contributed by atoms with van der Waals surface area (Å²) in [6.07, 6.45) is 25.4. The lowest BCUT2D eigenvalue weighted by Gasteiger charge is -1.99. The van der Waals surface area contributed by atoms with Crippen molar-refractivity contribution in [3.63, 3.8) is 0 Å². The quantitative estimate of drug-likeness (QED) is 0.199. The fraction of sp³-hybridized carbons (Fsp3) is 0.409. The number of allylic oxidation sites excluding steroid dienone is 7. The summed E-state index contributed by atoms with van der Waals surface area (Å²) in [6.45, 7) is 2.86. The van der Waals surface area contributed by atoms with Crippen LogP contribution in [-0.2, 0) is 9.53 Å². The molecule has 0 unspecified atom stereocenters. The van der Waals surface area contributed by atoms with Crippen molar-refractivity contribution in [1.82, 2.24) is 0 Å². The summed E-state index contributed by atoms with van der Waals surface area (Å²) >= 11 is 0. The van der Waals surface area contributed by atoms with Crippen LogP contribution in [0.1, 0.15) is 39.0 Å². The molecule has 0 heterocycles. The van der Waals surface area contributed by atoms with Gasteiger partial charge in [0.15, 0.2) is 0 Å². The van der Waals surface area contributed by atoms with Crippen LogP contribution in [0.3, 0.4) is 0 Å². The van der Waals surface area contributed by atoms with E-state index in [0.717, 1.165) is 12.8 Å². The first-order valence-corrected chi connectivity index (χ1v) is 9.08. The van der Waals surface area contributed by atoms with Crippen LogP contribution in [0, 0.1) is 0 Å².